The van der Waals surface area contributed by atoms with Crippen molar-refractivity contribution < 1.29 is 36.3 Å². The van der Waals surface area contributed by atoms with Crippen molar-refractivity contribution in [3.05, 3.63) is 75.7 Å². The Balaban J connectivity index is 1.41. The molecule has 3 heterocycles. The van der Waals surface area contributed by atoms with Crippen molar-refractivity contribution >= 4 is 39.1 Å². The summed E-state index contributed by atoms with van der Waals surface area (Å²) in [6.45, 7) is -0.240. The molecule has 1 aliphatic carbocycles. The van der Waals surface area contributed by atoms with Gasteiger partial charge in [-0.2, -0.15) is 0 Å². The number of rotatable bonds is 8. The molecule has 3 aromatic heterocycles. The van der Waals surface area contributed by atoms with Crippen LogP contribution >= 0.6 is 11.3 Å². The number of thiophene rings is 1. The molecule has 0 aliphatic heterocycles. The Morgan fingerprint density at radius 3 is 2.64 bits per heavy atom. The van der Waals surface area contributed by atoms with Crippen LogP contribution in [0.25, 0.3) is 10.2 Å². The monoisotopic (exact) mass is 519 g/mol. The van der Waals surface area contributed by atoms with E-state index in [4.69, 9.17) is 14.9 Å². The van der Waals surface area contributed by atoms with Gasteiger partial charge in [0.2, 0.25) is 0 Å². The number of ether oxygens (including phenoxy) is 1. The number of nitrogens with zero attached hydrogens (tertiary/aromatic N) is 1. The van der Waals surface area contributed by atoms with Crippen molar-refractivity contribution in [2.24, 2.45) is 5.73 Å². The van der Waals surface area contributed by atoms with Crippen molar-refractivity contribution in [1.29, 1.82) is 0 Å². The molecular weight excluding hydrogens is 502 g/mol. The van der Waals surface area contributed by atoms with E-state index < -0.39 is 35.6 Å². The number of anilines is 1. The smallest absolute Gasteiger partial charge is 0.291 e. The van der Waals surface area contributed by atoms with E-state index in [-0.39, 0.29) is 45.2 Å². The summed E-state index contributed by atoms with van der Waals surface area (Å²) in [5.41, 5.74) is 5.76. The zero-order valence-corrected chi connectivity index (χ0v) is 19.1. The molecule has 2 amide bonds. The predicted octanol–water partition coefficient (Wildman–Crippen LogP) is 5.91. The molecule has 1 saturated carbocycles. The molecule has 0 bridgehead atoms. The fourth-order valence-electron chi connectivity index (χ4n) is 3.76. The highest BCUT2D eigenvalue weighted by atomic mass is 32.1. The molecule has 0 saturated heterocycles. The average molecular weight is 519 g/mol. The van der Waals surface area contributed by atoms with Crippen LogP contribution in [0.15, 0.2) is 40.8 Å². The van der Waals surface area contributed by atoms with E-state index in [1.165, 1.54) is 18.2 Å². The normalized spacial score (nSPS) is 13.4. The van der Waals surface area contributed by atoms with Crippen LogP contribution < -0.4 is 15.8 Å². The maximum atomic E-state index is 13.7. The topological polar surface area (TPSA) is 107 Å². The highest BCUT2D eigenvalue weighted by Crippen LogP contribution is 2.48. The highest BCUT2D eigenvalue weighted by Gasteiger charge is 2.32. The van der Waals surface area contributed by atoms with Gasteiger partial charge in [-0.1, -0.05) is 0 Å². The van der Waals surface area contributed by atoms with Gasteiger partial charge in [0.25, 0.3) is 18.2 Å². The van der Waals surface area contributed by atoms with Crippen molar-refractivity contribution in [3.63, 3.8) is 0 Å². The largest absolute Gasteiger partial charge is 0.483 e. The molecule has 186 valence electrons. The van der Waals surface area contributed by atoms with Gasteiger partial charge in [-0.3, -0.25) is 9.59 Å². The van der Waals surface area contributed by atoms with Gasteiger partial charge < -0.3 is 20.2 Å². The van der Waals surface area contributed by atoms with Crippen molar-refractivity contribution in [2.45, 2.75) is 31.8 Å². The number of carbonyl (C=O) groups is 2. The van der Waals surface area contributed by atoms with E-state index in [9.17, 15) is 27.2 Å². The van der Waals surface area contributed by atoms with E-state index in [0.717, 1.165) is 36.3 Å². The lowest BCUT2D eigenvalue weighted by Crippen LogP contribution is -2.16. The Hall–Kier alpha value is -3.93. The minimum absolute atomic E-state index is 0.0122. The summed E-state index contributed by atoms with van der Waals surface area (Å²) < 4.78 is 64.3. The van der Waals surface area contributed by atoms with Crippen LogP contribution in [0.4, 0.5) is 23.2 Å². The number of halogens is 4. The SMILES string of the molecule is NC(=O)c1sc2nc(C(F)F)cc(C3CC3)c2c1NC(=O)c1ccc(COc2ccc(F)cc2F)o1. The number of furan rings is 1. The van der Waals surface area contributed by atoms with Gasteiger partial charge in [-0.25, -0.2) is 22.5 Å². The standard InChI is InChI=1S/C24H17F4N3O4S/c25-11-3-5-16(14(26)7-11)34-9-12-4-6-17(35-12)23(33)31-19-18-13(10-1-2-10)8-15(21(27)28)30-24(18)36-20(19)22(29)32/h3-8,10,21H,1-2,9H2,(H2,29,32)(H,31,33). The number of pyridine rings is 1. The van der Waals surface area contributed by atoms with Gasteiger partial charge in [-0.05, 0) is 54.7 Å². The number of nitrogens with two attached hydrogens (primary N) is 1. The third kappa shape index (κ3) is 4.63. The molecule has 0 atom stereocenters. The predicted molar refractivity (Wildman–Crippen MR) is 122 cm³/mol. The highest BCUT2D eigenvalue weighted by molar-refractivity contribution is 7.21. The molecule has 0 radical (unpaired) electrons. The van der Waals surface area contributed by atoms with Gasteiger partial charge in [0.15, 0.2) is 17.3 Å². The molecular formula is C24H17F4N3O4S. The second kappa shape index (κ2) is 9.26. The van der Waals surface area contributed by atoms with E-state index in [1.54, 1.807) is 0 Å². The fraction of sp³-hybridized carbons (Fsp3) is 0.208. The molecule has 1 aromatic carbocycles. The van der Waals surface area contributed by atoms with Crippen LogP contribution in [0, 0.1) is 11.6 Å². The number of benzene rings is 1. The van der Waals surface area contributed by atoms with Gasteiger partial charge >= 0.3 is 0 Å². The van der Waals surface area contributed by atoms with E-state index >= 15 is 0 Å². The van der Waals surface area contributed by atoms with Crippen molar-refractivity contribution in [1.82, 2.24) is 4.98 Å². The summed E-state index contributed by atoms with van der Waals surface area (Å²) in [5.74, 6) is -3.36. The van der Waals surface area contributed by atoms with E-state index in [1.807, 2.05) is 0 Å². The maximum Gasteiger partial charge on any atom is 0.291 e. The molecule has 1 aliphatic rings. The first-order chi connectivity index (χ1) is 17.2. The quantitative estimate of drug-likeness (QED) is 0.281. The molecule has 5 rings (SSSR count). The first-order valence-corrected chi connectivity index (χ1v) is 11.6. The number of hydrogen-bond donors (Lipinski definition) is 2. The van der Waals surface area contributed by atoms with Gasteiger partial charge in [0.05, 0.1) is 5.69 Å². The van der Waals surface area contributed by atoms with Gasteiger partial charge in [0, 0.05) is 11.5 Å². The van der Waals surface area contributed by atoms with Gasteiger partial charge in [-0.15, -0.1) is 11.3 Å². The molecule has 7 nitrogen and oxygen atoms in total. The Bertz CT molecular complexity index is 1500. The summed E-state index contributed by atoms with van der Waals surface area (Å²) in [6.07, 6.45) is -1.23. The molecule has 1 fully saturated rings. The first kappa shape index (κ1) is 23.8. The number of aromatic nitrogens is 1. The average Bonchev–Trinajstić information content (AvgIpc) is 3.45. The van der Waals surface area contributed by atoms with Crippen LogP contribution in [0.2, 0.25) is 0 Å². The summed E-state index contributed by atoms with van der Waals surface area (Å²) in [4.78, 5) is 29.2. The van der Waals surface area contributed by atoms with Crippen LogP contribution in [0.5, 0.6) is 5.75 Å². The molecule has 36 heavy (non-hydrogen) atoms. The third-order valence-corrected chi connectivity index (χ3v) is 6.66. The zero-order valence-electron chi connectivity index (χ0n) is 18.3. The summed E-state index contributed by atoms with van der Waals surface area (Å²) in [6, 6.07) is 6.92. The number of carbonyl (C=O) groups excluding carboxylic acids is 2. The van der Waals surface area contributed by atoms with Gasteiger partial charge in [0.1, 0.15) is 33.6 Å². The van der Waals surface area contributed by atoms with Crippen molar-refractivity contribution in [2.75, 3.05) is 5.32 Å². The summed E-state index contributed by atoms with van der Waals surface area (Å²) >= 11 is 0.827. The van der Waals surface area contributed by atoms with E-state index in [0.29, 0.717) is 17.0 Å². The lowest BCUT2D eigenvalue weighted by Gasteiger charge is -2.09. The van der Waals surface area contributed by atoms with Crippen molar-refractivity contribution in [3.8, 4) is 5.75 Å². The molecule has 12 heteroatoms. The third-order valence-electron chi connectivity index (χ3n) is 5.56. The van der Waals surface area contributed by atoms with E-state index in [2.05, 4.69) is 10.3 Å². The van der Waals surface area contributed by atoms with Crippen LogP contribution in [0.1, 0.15) is 62.4 Å². The lowest BCUT2D eigenvalue weighted by atomic mass is 10.0. The summed E-state index contributed by atoms with van der Waals surface area (Å²) in [5, 5.41) is 3.01. The minimum atomic E-state index is -2.80. The maximum absolute atomic E-state index is 13.7. The lowest BCUT2D eigenvalue weighted by molar-refractivity contribution is 0.0992. The Labute approximate surface area is 204 Å². The Morgan fingerprint density at radius 1 is 1.19 bits per heavy atom. The minimum Gasteiger partial charge on any atom is -0.483 e. The number of primary amides is 1. The molecule has 0 unspecified atom stereocenters. The number of fused-ring (bicyclic) bond motifs is 1. The molecule has 3 N–H and O–H groups in total. The Morgan fingerprint density at radius 2 is 1.97 bits per heavy atom. The van der Waals surface area contributed by atoms with Crippen LogP contribution in [-0.2, 0) is 6.61 Å². The number of alkyl halides is 2. The number of amides is 2. The molecule has 4 aromatic rings. The molecule has 0 spiro atoms. The number of nitrogens with one attached hydrogen (secondary N) is 1. The second-order valence-electron chi connectivity index (χ2n) is 8.15. The fourth-order valence-corrected chi connectivity index (χ4v) is 4.78. The Kier molecular flexibility index (Phi) is 6.12. The second-order valence-corrected chi connectivity index (χ2v) is 9.14. The van der Waals surface area contributed by atoms with Crippen LogP contribution in [0.3, 0.4) is 0 Å². The van der Waals surface area contributed by atoms with Crippen LogP contribution in [-0.4, -0.2) is 16.8 Å². The zero-order chi connectivity index (χ0) is 25.6. The number of hydrogen-bond acceptors (Lipinski definition) is 6. The summed E-state index contributed by atoms with van der Waals surface area (Å²) in [7, 11) is 0. The first-order valence-electron chi connectivity index (χ1n) is 10.7.